The zero-order valence-electron chi connectivity index (χ0n) is 16.6. The molecule has 0 unspecified atom stereocenters. The minimum atomic E-state index is 0.0105. The Morgan fingerprint density at radius 2 is 1.63 bits per heavy atom. The van der Waals surface area contributed by atoms with Crippen LogP contribution in [0, 0.1) is 0 Å². The second-order valence-corrected chi connectivity index (χ2v) is 6.63. The zero-order valence-corrected chi connectivity index (χ0v) is 16.6. The van der Waals surface area contributed by atoms with Crippen LogP contribution in [0.25, 0.3) is 0 Å². The van der Waals surface area contributed by atoms with Gasteiger partial charge in [-0.05, 0) is 49.1 Å². The third-order valence-electron chi connectivity index (χ3n) is 4.22. The van der Waals surface area contributed by atoms with Gasteiger partial charge in [-0.15, -0.1) is 0 Å². The number of hydrogen-bond donors (Lipinski definition) is 1. The van der Waals surface area contributed by atoms with Gasteiger partial charge in [0, 0.05) is 19.0 Å². The number of benzene rings is 2. The number of ether oxygens (including phenoxy) is 3. The van der Waals surface area contributed by atoms with E-state index in [1.165, 1.54) is 0 Å². The van der Waals surface area contributed by atoms with E-state index in [1.54, 1.807) is 14.2 Å². The highest BCUT2D eigenvalue weighted by Crippen LogP contribution is 2.23. The Morgan fingerprint density at radius 3 is 2.22 bits per heavy atom. The molecule has 0 saturated heterocycles. The summed E-state index contributed by atoms with van der Waals surface area (Å²) < 4.78 is 16.2. The topological polar surface area (TPSA) is 56.8 Å². The van der Waals surface area contributed by atoms with E-state index in [1.807, 2.05) is 56.3 Å². The van der Waals surface area contributed by atoms with Gasteiger partial charge in [0.1, 0.15) is 11.5 Å². The SMILES string of the molecule is COc1cc(CCC(=O)NCc2ccccc2COC(C)C)cc(OC)c1. The maximum Gasteiger partial charge on any atom is 0.220 e. The summed E-state index contributed by atoms with van der Waals surface area (Å²) in [6.45, 7) is 5.07. The standard InChI is InChI=1S/C22H29NO4/c1-16(2)27-15-19-8-6-5-7-18(19)14-23-22(24)10-9-17-11-20(25-3)13-21(12-17)26-4/h5-8,11-13,16H,9-10,14-15H2,1-4H3,(H,23,24). The summed E-state index contributed by atoms with van der Waals surface area (Å²) in [4.78, 5) is 12.3. The largest absolute Gasteiger partial charge is 0.497 e. The molecule has 0 fully saturated rings. The van der Waals surface area contributed by atoms with Crippen molar-refractivity contribution in [3.63, 3.8) is 0 Å². The van der Waals surface area contributed by atoms with Gasteiger partial charge in [-0.2, -0.15) is 0 Å². The van der Waals surface area contributed by atoms with E-state index < -0.39 is 0 Å². The van der Waals surface area contributed by atoms with E-state index in [0.29, 0.717) is 26.0 Å². The molecule has 2 rings (SSSR count). The molecule has 0 aliphatic carbocycles. The molecule has 0 radical (unpaired) electrons. The van der Waals surface area contributed by atoms with Crippen LogP contribution in [0.3, 0.4) is 0 Å². The summed E-state index contributed by atoms with van der Waals surface area (Å²) in [5.41, 5.74) is 3.19. The van der Waals surface area contributed by atoms with Gasteiger partial charge in [-0.3, -0.25) is 4.79 Å². The van der Waals surface area contributed by atoms with E-state index in [-0.39, 0.29) is 12.0 Å². The van der Waals surface area contributed by atoms with Crippen LogP contribution in [0.5, 0.6) is 11.5 Å². The predicted octanol–water partition coefficient (Wildman–Crippen LogP) is 3.88. The van der Waals surface area contributed by atoms with Gasteiger partial charge in [-0.25, -0.2) is 0 Å². The summed E-state index contributed by atoms with van der Waals surface area (Å²) >= 11 is 0. The highest BCUT2D eigenvalue weighted by atomic mass is 16.5. The van der Waals surface area contributed by atoms with E-state index in [2.05, 4.69) is 5.32 Å². The molecule has 0 atom stereocenters. The van der Waals surface area contributed by atoms with Crippen LogP contribution in [0.15, 0.2) is 42.5 Å². The van der Waals surface area contributed by atoms with Crippen molar-refractivity contribution in [1.29, 1.82) is 0 Å². The fourth-order valence-corrected chi connectivity index (χ4v) is 2.68. The van der Waals surface area contributed by atoms with E-state index in [9.17, 15) is 4.79 Å². The van der Waals surface area contributed by atoms with Gasteiger partial charge >= 0.3 is 0 Å². The monoisotopic (exact) mass is 371 g/mol. The van der Waals surface area contributed by atoms with Gasteiger partial charge in [0.15, 0.2) is 0 Å². The molecular weight excluding hydrogens is 342 g/mol. The lowest BCUT2D eigenvalue weighted by Crippen LogP contribution is -2.23. The van der Waals surface area contributed by atoms with Gasteiger partial charge in [0.25, 0.3) is 0 Å². The summed E-state index contributed by atoms with van der Waals surface area (Å²) in [6, 6.07) is 13.7. The molecule has 0 aliphatic heterocycles. The first-order chi connectivity index (χ1) is 13.0. The number of rotatable bonds is 10. The van der Waals surface area contributed by atoms with Crippen molar-refractivity contribution in [2.45, 2.75) is 45.9 Å². The number of aryl methyl sites for hydroxylation is 1. The van der Waals surface area contributed by atoms with Crippen LogP contribution in [0.1, 0.15) is 37.0 Å². The molecule has 5 heteroatoms. The lowest BCUT2D eigenvalue weighted by Gasteiger charge is -2.13. The quantitative estimate of drug-likeness (QED) is 0.689. The Bertz CT molecular complexity index is 721. The van der Waals surface area contributed by atoms with Gasteiger partial charge in [0.05, 0.1) is 26.9 Å². The average molecular weight is 371 g/mol. The Hall–Kier alpha value is -2.53. The van der Waals surface area contributed by atoms with Gasteiger partial charge in [0.2, 0.25) is 5.91 Å². The molecular formula is C22H29NO4. The third kappa shape index (κ3) is 6.94. The molecule has 0 bridgehead atoms. The van der Waals surface area contributed by atoms with Crippen molar-refractivity contribution in [2.75, 3.05) is 14.2 Å². The summed E-state index contributed by atoms with van der Waals surface area (Å²) in [6.07, 6.45) is 1.20. The first kappa shape index (κ1) is 20.8. The number of hydrogen-bond acceptors (Lipinski definition) is 4. The van der Waals surface area contributed by atoms with Crippen molar-refractivity contribution in [3.8, 4) is 11.5 Å². The molecule has 0 saturated carbocycles. The maximum atomic E-state index is 12.3. The molecule has 27 heavy (non-hydrogen) atoms. The highest BCUT2D eigenvalue weighted by molar-refractivity contribution is 5.76. The highest BCUT2D eigenvalue weighted by Gasteiger charge is 2.08. The Morgan fingerprint density at radius 1 is 1.00 bits per heavy atom. The normalized spacial score (nSPS) is 10.7. The second-order valence-electron chi connectivity index (χ2n) is 6.63. The fraction of sp³-hybridized carbons (Fsp3) is 0.409. The summed E-state index contributed by atoms with van der Waals surface area (Å²) in [7, 11) is 3.23. The molecule has 1 amide bonds. The number of amides is 1. The van der Waals surface area contributed by atoms with Crippen LogP contribution in [0.4, 0.5) is 0 Å². The Kier molecular flexibility index (Phi) is 8.14. The van der Waals surface area contributed by atoms with Crippen molar-refractivity contribution < 1.29 is 19.0 Å². The average Bonchev–Trinajstić information content (AvgIpc) is 2.69. The van der Waals surface area contributed by atoms with E-state index in [4.69, 9.17) is 14.2 Å². The van der Waals surface area contributed by atoms with Crippen molar-refractivity contribution >= 4 is 5.91 Å². The number of nitrogens with one attached hydrogen (secondary N) is 1. The van der Waals surface area contributed by atoms with Crippen LogP contribution >= 0.6 is 0 Å². The molecule has 0 aromatic heterocycles. The summed E-state index contributed by atoms with van der Waals surface area (Å²) in [5, 5.41) is 3.00. The Balaban J connectivity index is 1.88. The van der Waals surface area contributed by atoms with Crippen molar-refractivity contribution in [2.24, 2.45) is 0 Å². The summed E-state index contributed by atoms with van der Waals surface area (Å²) in [5.74, 6) is 1.46. The van der Waals surface area contributed by atoms with Crippen LogP contribution in [-0.4, -0.2) is 26.2 Å². The molecule has 0 heterocycles. The van der Waals surface area contributed by atoms with Crippen LogP contribution in [0.2, 0.25) is 0 Å². The van der Waals surface area contributed by atoms with Gasteiger partial charge < -0.3 is 19.5 Å². The number of carbonyl (C=O) groups excluding carboxylic acids is 1. The molecule has 2 aromatic rings. The third-order valence-corrected chi connectivity index (χ3v) is 4.22. The molecule has 0 spiro atoms. The fourth-order valence-electron chi connectivity index (χ4n) is 2.68. The van der Waals surface area contributed by atoms with Crippen molar-refractivity contribution in [3.05, 3.63) is 59.2 Å². The van der Waals surface area contributed by atoms with E-state index in [0.717, 1.165) is 28.2 Å². The number of methoxy groups -OCH3 is 2. The zero-order chi connectivity index (χ0) is 19.6. The molecule has 146 valence electrons. The first-order valence-corrected chi connectivity index (χ1v) is 9.19. The maximum absolute atomic E-state index is 12.3. The van der Waals surface area contributed by atoms with Crippen LogP contribution in [-0.2, 0) is 29.1 Å². The molecule has 2 aromatic carbocycles. The predicted molar refractivity (Wildman–Crippen MR) is 106 cm³/mol. The first-order valence-electron chi connectivity index (χ1n) is 9.19. The van der Waals surface area contributed by atoms with Crippen LogP contribution < -0.4 is 14.8 Å². The lowest BCUT2D eigenvalue weighted by atomic mass is 10.1. The van der Waals surface area contributed by atoms with Gasteiger partial charge in [-0.1, -0.05) is 24.3 Å². The smallest absolute Gasteiger partial charge is 0.220 e. The number of carbonyl (C=O) groups is 1. The lowest BCUT2D eigenvalue weighted by molar-refractivity contribution is -0.121. The second kappa shape index (κ2) is 10.6. The minimum absolute atomic E-state index is 0.0105. The Labute approximate surface area is 161 Å². The van der Waals surface area contributed by atoms with E-state index >= 15 is 0 Å². The molecule has 0 aliphatic rings. The molecule has 5 nitrogen and oxygen atoms in total. The minimum Gasteiger partial charge on any atom is -0.497 e. The molecule has 1 N–H and O–H groups in total. The van der Waals surface area contributed by atoms with Crippen molar-refractivity contribution in [1.82, 2.24) is 5.32 Å².